The van der Waals surface area contributed by atoms with Gasteiger partial charge in [-0.3, -0.25) is 4.79 Å². The average molecular weight is 288 g/mol. The molecule has 0 spiro atoms. The zero-order valence-electron chi connectivity index (χ0n) is 11.2. The molecule has 106 valence electrons. The number of halogens is 1. The van der Waals surface area contributed by atoms with Crippen LogP contribution in [0.15, 0.2) is 0 Å². The molecule has 19 heavy (non-hydrogen) atoms. The van der Waals surface area contributed by atoms with Crippen LogP contribution in [0.5, 0.6) is 6.01 Å². The van der Waals surface area contributed by atoms with Crippen molar-refractivity contribution in [2.24, 2.45) is 5.92 Å². The summed E-state index contributed by atoms with van der Waals surface area (Å²) >= 11 is 5.72. The smallest absolute Gasteiger partial charge is 0.322 e. The van der Waals surface area contributed by atoms with Gasteiger partial charge in [0.05, 0.1) is 13.2 Å². The lowest BCUT2D eigenvalue weighted by Crippen LogP contribution is -2.32. The van der Waals surface area contributed by atoms with Gasteiger partial charge < -0.3 is 15.4 Å². The number of nitrogens with zero attached hydrogens (tertiary/aromatic N) is 3. The van der Waals surface area contributed by atoms with Crippen LogP contribution in [0.2, 0.25) is 5.28 Å². The monoisotopic (exact) mass is 287 g/mol. The Morgan fingerprint density at radius 1 is 1.37 bits per heavy atom. The first kappa shape index (κ1) is 15.4. The Labute approximate surface area is 117 Å². The van der Waals surface area contributed by atoms with Crippen LogP contribution in [0.3, 0.4) is 0 Å². The van der Waals surface area contributed by atoms with E-state index in [4.69, 9.17) is 16.3 Å². The van der Waals surface area contributed by atoms with Crippen LogP contribution in [0.25, 0.3) is 0 Å². The molecule has 0 aliphatic carbocycles. The SMILES string of the molecule is CCOc1nc(Cl)nc(NCC(=O)NCC(C)C)n1. The molecule has 2 N–H and O–H groups in total. The van der Waals surface area contributed by atoms with Crippen molar-refractivity contribution < 1.29 is 9.53 Å². The molecule has 0 aliphatic rings. The van der Waals surface area contributed by atoms with Crippen molar-refractivity contribution in [3.05, 3.63) is 5.28 Å². The van der Waals surface area contributed by atoms with E-state index in [0.717, 1.165) is 0 Å². The number of hydrogen-bond donors (Lipinski definition) is 2. The number of amides is 1. The Hall–Kier alpha value is -1.63. The highest BCUT2D eigenvalue weighted by atomic mass is 35.5. The highest BCUT2D eigenvalue weighted by molar-refractivity contribution is 6.28. The minimum atomic E-state index is -0.136. The molecule has 1 aromatic rings. The molecule has 1 amide bonds. The lowest BCUT2D eigenvalue weighted by atomic mass is 10.2. The first-order chi connectivity index (χ1) is 9.01. The molecule has 0 atom stereocenters. The van der Waals surface area contributed by atoms with Gasteiger partial charge in [-0.25, -0.2) is 0 Å². The maximum absolute atomic E-state index is 11.5. The normalized spacial score (nSPS) is 10.4. The number of aromatic nitrogens is 3. The van der Waals surface area contributed by atoms with E-state index in [1.54, 1.807) is 0 Å². The number of anilines is 1. The number of nitrogens with one attached hydrogen (secondary N) is 2. The summed E-state index contributed by atoms with van der Waals surface area (Å²) in [6.07, 6.45) is 0. The zero-order valence-corrected chi connectivity index (χ0v) is 12.0. The van der Waals surface area contributed by atoms with Crippen LogP contribution in [-0.2, 0) is 4.79 Å². The first-order valence-electron chi connectivity index (χ1n) is 6.06. The zero-order chi connectivity index (χ0) is 14.3. The van der Waals surface area contributed by atoms with Gasteiger partial charge in [0, 0.05) is 6.54 Å². The highest BCUT2D eigenvalue weighted by Gasteiger charge is 2.07. The van der Waals surface area contributed by atoms with Gasteiger partial charge in [-0.05, 0) is 24.4 Å². The lowest BCUT2D eigenvalue weighted by molar-refractivity contribution is -0.119. The van der Waals surface area contributed by atoms with Crippen LogP contribution in [0.4, 0.5) is 5.95 Å². The van der Waals surface area contributed by atoms with E-state index >= 15 is 0 Å². The van der Waals surface area contributed by atoms with Crippen LogP contribution >= 0.6 is 11.6 Å². The van der Waals surface area contributed by atoms with Gasteiger partial charge in [0.25, 0.3) is 0 Å². The number of rotatable bonds is 7. The molecule has 0 saturated heterocycles. The van der Waals surface area contributed by atoms with Crippen molar-refractivity contribution in [1.29, 1.82) is 0 Å². The summed E-state index contributed by atoms with van der Waals surface area (Å²) < 4.78 is 5.13. The maximum Gasteiger partial charge on any atom is 0.322 e. The van der Waals surface area contributed by atoms with Crippen molar-refractivity contribution in [2.45, 2.75) is 20.8 Å². The molecule has 1 aromatic heterocycles. The third kappa shape index (κ3) is 6.19. The molecule has 0 saturated carbocycles. The fourth-order valence-electron chi connectivity index (χ4n) is 1.14. The summed E-state index contributed by atoms with van der Waals surface area (Å²) in [5.41, 5.74) is 0. The molecule has 8 heteroatoms. The van der Waals surface area contributed by atoms with E-state index in [0.29, 0.717) is 19.1 Å². The molecule has 7 nitrogen and oxygen atoms in total. The highest BCUT2D eigenvalue weighted by Crippen LogP contribution is 2.10. The van der Waals surface area contributed by atoms with Crippen molar-refractivity contribution in [1.82, 2.24) is 20.3 Å². The van der Waals surface area contributed by atoms with Crippen LogP contribution in [-0.4, -0.2) is 40.6 Å². The average Bonchev–Trinajstić information content (AvgIpc) is 2.33. The van der Waals surface area contributed by atoms with Gasteiger partial charge in [0.1, 0.15) is 0 Å². The molecule has 0 radical (unpaired) electrons. The van der Waals surface area contributed by atoms with E-state index in [1.165, 1.54) is 0 Å². The van der Waals surface area contributed by atoms with Gasteiger partial charge in [-0.1, -0.05) is 13.8 Å². The van der Waals surface area contributed by atoms with Gasteiger partial charge >= 0.3 is 6.01 Å². The fraction of sp³-hybridized carbons (Fsp3) is 0.636. The van der Waals surface area contributed by atoms with Gasteiger partial charge in [0.15, 0.2) is 0 Å². The van der Waals surface area contributed by atoms with Crippen LogP contribution in [0, 0.1) is 5.92 Å². The molecule has 1 rings (SSSR count). The minimum Gasteiger partial charge on any atom is -0.464 e. The van der Waals surface area contributed by atoms with Crippen molar-refractivity contribution in [3.8, 4) is 6.01 Å². The standard InChI is InChI=1S/C11H18ClN5O2/c1-4-19-11-16-9(12)15-10(17-11)14-6-8(18)13-5-7(2)3/h7H,4-6H2,1-3H3,(H,13,18)(H,14,15,16,17). The minimum absolute atomic E-state index is 0.0172. The first-order valence-corrected chi connectivity index (χ1v) is 6.44. The van der Waals surface area contributed by atoms with Gasteiger partial charge in [0.2, 0.25) is 17.1 Å². The quantitative estimate of drug-likeness (QED) is 0.781. The summed E-state index contributed by atoms with van der Waals surface area (Å²) in [6, 6.07) is 0.132. The summed E-state index contributed by atoms with van der Waals surface area (Å²) in [4.78, 5) is 23.1. The van der Waals surface area contributed by atoms with E-state index in [2.05, 4.69) is 25.6 Å². The Morgan fingerprint density at radius 2 is 2.11 bits per heavy atom. The van der Waals surface area contributed by atoms with E-state index in [-0.39, 0.29) is 29.7 Å². The third-order valence-electron chi connectivity index (χ3n) is 1.98. The van der Waals surface area contributed by atoms with E-state index in [9.17, 15) is 4.79 Å². The Kier molecular flexibility index (Phi) is 6.27. The third-order valence-corrected chi connectivity index (χ3v) is 2.14. The second kappa shape index (κ2) is 7.73. The van der Waals surface area contributed by atoms with Crippen molar-refractivity contribution in [3.63, 3.8) is 0 Å². The van der Waals surface area contributed by atoms with Gasteiger partial charge in [-0.15, -0.1) is 0 Å². The lowest BCUT2D eigenvalue weighted by Gasteiger charge is -2.09. The number of carbonyl (C=O) groups is 1. The molecular formula is C11H18ClN5O2. The second-order valence-corrected chi connectivity index (χ2v) is 4.53. The Morgan fingerprint density at radius 3 is 2.74 bits per heavy atom. The second-order valence-electron chi connectivity index (χ2n) is 4.20. The van der Waals surface area contributed by atoms with Crippen LogP contribution in [0.1, 0.15) is 20.8 Å². The fourth-order valence-corrected chi connectivity index (χ4v) is 1.30. The summed E-state index contributed by atoms with van der Waals surface area (Å²) in [5.74, 6) is 0.478. The van der Waals surface area contributed by atoms with Crippen LogP contribution < -0.4 is 15.4 Å². The van der Waals surface area contributed by atoms with E-state index in [1.807, 2.05) is 20.8 Å². The van der Waals surface area contributed by atoms with Crippen molar-refractivity contribution in [2.75, 3.05) is 25.0 Å². The number of hydrogen-bond acceptors (Lipinski definition) is 6. The van der Waals surface area contributed by atoms with Gasteiger partial charge in [-0.2, -0.15) is 15.0 Å². The molecule has 0 fully saturated rings. The number of ether oxygens (including phenoxy) is 1. The topological polar surface area (TPSA) is 89.0 Å². The summed E-state index contributed by atoms with van der Waals surface area (Å²) in [6.45, 7) is 6.97. The molecule has 0 bridgehead atoms. The predicted molar refractivity (Wildman–Crippen MR) is 72.3 cm³/mol. The Bertz CT molecular complexity index is 428. The van der Waals surface area contributed by atoms with Crippen molar-refractivity contribution >= 4 is 23.5 Å². The molecule has 0 aromatic carbocycles. The Balaban J connectivity index is 2.50. The summed E-state index contributed by atoms with van der Waals surface area (Å²) in [7, 11) is 0. The predicted octanol–water partition coefficient (Wildman–Crippen LogP) is 1.11. The molecule has 0 aliphatic heterocycles. The molecule has 0 unspecified atom stereocenters. The van der Waals surface area contributed by atoms with E-state index < -0.39 is 0 Å². The number of carbonyl (C=O) groups excluding carboxylic acids is 1. The largest absolute Gasteiger partial charge is 0.464 e. The molecular weight excluding hydrogens is 270 g/mol. The molecule has 1 heterocycles. The summed E-state index contributed by atoms with van der Waals surface area (Å²) in [5, 5.41) is 5.56. The maximum atomic E-state index is 11.5.